The van der Waals surface area contributed by atoms with Crippen LogP contribution in [-0.4, -0.2) is 23.2 Å². The fraction of sp³-hybridized carbons (Fsp3) is 0. The minimum Gasteiger partial charge on any atom is -0.386 e. The molecule has 3 nitrogen and oxygen atoms in total. The van der Waals surface area contributed by atoms with Crippen LogP contribution in [0.3, 0.4) is 0 Å². The quantitative estimate of drug-likeness (QED) is 0.476. The number of rotatable bonds is 1. The van der Waals surface area contributed by atoms with Crippen LogP contribution in [0.25, 0.3) is 0 Å². The molecule has 1 rings (SSSR count). The zero-order chi connectivity index (χ0) is 8.48. The molecule has 3 N–H and O–H groups in total. The van der Waals surface area contributed by atoms with Gasteiger partial charge in [0.15, 0.2) is 0 Å². The van der Waals surface area contributed by atoms with Gasteiger partial charge in [0.1, 0.15) is 5.82 Å². The van der Waals surface area contributed by atoms with Crippen LogP contribution in [0.5, 0.6) is 0 Å². The molecule has 11 heavy (non-hydrogen) atoms. The normalized spacial score (nSPS) is 11.6. The first-order valence-corrected chi connectivity index (χ1v) is 4.77. The molecule has 0 saturated carbocycles. The van der Waals surface area contributed by atoms with E-state index >= 15 is 0 Å². The van der Waals surface area contributed by atoms with E-state index in [2.05, 4.69) is 0 Å². The van der Waals surface area contributed by atoms with Crippen LogP contribution in [0.4, 0.5) is 4.39 Å². The second-order valence-electron chi connectivity index (χ2n) is 2.14. The molecule has 1 aromatic rings. The Morgan fingerprint density at radius 2 is 1.45 bits per heavy atom. The van der Waals surface area contributed by atoms with E-state index in [0.29, 0.717) is 0 Å². The summed E-state index contributed by atoms with van der Waals surface area (Å²) >= 11 is 0. The summed E-state index contributed by atoms with van der Waals surface area (Å²) in [7, 11) is -4.22. The van der Waals surface area contributed by atoms with Crippen molar-refractivity contribution in [2.24, 2.45) is 0 Å². The lowest BCUT2D eigenvalue weighted by Crippen LogP contribution is -2.48. The first-order chi connectivity index (χ1) is 5.00. The Bertz CT molecular complexity index is 241. The first kappa shape index (κ1) is 8.34. The van der Waals surface area contributed by atoms with Gasteiger partial charge in [0, 0.05) is 5.19 Å². The van der Waals surface area contributed by atoms with E-state index in [9.17, 15) is 4.39 Å². The monoisotopic (exact) mass is 174 g/mol. The van der Waals surface area contributed by atoms with Crippen LogP contribution >= 0.6 is 0 Å². The molecule has 0 radical (unpaired) electrons. The molecule has 0 fully saturated rings. The summed E-state index contributed by atoms with van der Waals surface area (Å²) < 4.78 is 12.2. The largest absolute Gasteiger partial charge is 0.528 e. The Balaban J connectivity index is 2.99. The maximum Gasteiger partial charge on any atom is 0.528 e. The predicted octanol–water partition coefficient (Wildman–Crippen LogP) is -1.05. The number of hydrogen-bond donors (Lipinski definition) is 3. The molecule has 0 atom stereocenters. The molecule has 0 aliphatic heterocycles. The van der Waals surface area contributed by atoms with Crippen molar-refractivity contribution in [2.75, 3.05) is 0 Å². The second kappa shape index (κ2) is 2.71. The van der Waals surface area contributed by atoms with Crippen LogP contribution in [0.15, 0.2) is 24.3 Å². The number of hydrogen-bond acceptors (Lipinski definition) is 3. The molecule has 0 aliphatic rings. The summed E-state index contributed by atoms with van der Waals surface area (Å²) in [6.07, 6.45) is 0. The highest BCUT2D eigenvalue weighted by Crippen LogP contribution is 1.95. The lowest BCUT2D eigenvalue weighted by Gasteiger charge is -2.08. The zero-order valence-corrected chi connectivity index (χ0v) is 6.53. The summed E-state index contributed by atoms with van der Waals surface area (Å²) in [5.41, 5.74) is 0. The van der Waals surface area contributed by atoms with Crippen LogP contribution in [-0.2, 0) is 0 Å². The van der Waals surface area contributed by atoms with Crippen LogP contribution < -0.4 is 5.19 Å². The van der Waals surface area contributed by atoms with Crippen molar-refractivity contribution in [3.63, 3.8) is 0 Å². The Kier molecular flexibility index (Phi) is 2.05. The van der Waals surface area contributed by atoms with Gasteiger partial charge in [0.05, 0.1) is 0 Å². The van der Waals surface area contributed by atoms with Gasteiger partial charge in [-0.1, -0.05) is 12.1 Å². The number of halogens is 1. The van der Waals surface area contributed by atoms with Gasteiger partial charge in [-0.2, -0.15) is 0 Å². The van der Waals surface area contributed by atoms with E-state index < -0.39 is 14.6 Å². The molecule has 0 aromatic heterocycles. The van der Waals surface area contributed by atoms with Crippen molar-refractivity contribution in [3.8, 4) is 0 Å². The van der Waals surface area contributed by atoms with Gasteiger partial charge < -0.3 is 14.4 Å². The highest BCUT2D eigenvalue weighted by molar-refractivity contribution is 6.71. The van der Waals surface area contributed by atoms with E-state index in [1.165, 1.54) is 0 Å². The highest BCUT2D eigenvalue weighted by Gasteiger charge is 2.29. The molecule has 0 bridgehead atoms. The van der Waals surface area contributed by atoms with Crippen molar-refractivity contribution < 1.29 is 18.8 Å². The van der Waals surface area contributed by atoms with Gasteiger partial charge >= 0.3 is 8.80 Å². The molecule has 5 heteroatoms. The molecule has 0 heterocycles. The van der Waals surface area contributed by atoms with Crippen molar-refractivity contribution >= 4 is 14.0 Å². The van der Waals surface area contributed by atoms with E-state index in [0.717, 1.165) is 24.3 Å². The van der Waals surface area contributed by atoms with Gasteiger partial charge in [0.25, 0.3) is 0 Å². The Morgan fingerprint density at radius 1 is 1.00 bits per heavy atom. The smallest absolute Gasteiger partial charge is 0.386 e. The highest BCUT2D eigenvalue weighted by atomic mass is 28.4. The Hall–Kier alpha value is -0.753. The molecule has 0 saturated heterocycles. The van der Waals surface area contributed by atoms with Crippen LogP contribution in [0, 0.1) is 5.82 Å². The van der Waals surface area contributed by atoms with E-state index in [1.807, 2.05) is 0 Å². The third kappa shape index (κ3) is 2.09. The fourth-order valence-electron chi connectivity index (χ4n) is 0.673. The molecule has 0 unspecified atom stereocenters. The van der Waals surface area contributed by atoms with Crippen LogP contribution in [0.2, 0.25) is 0 Å². The van der Waals surface area contributed by atoms with E-state index in [1.54, 1.807) is 0 Å². The van der Waals surface area contributed by atoms with Gasteiger partial charge in [-0.3, -0.25) is 0 Å². The fourth-order valence-corrected chi connectivity index (χ4v) is 1.29. The van der Waals surface area contributed by atoms with Crippen molar-refractivity contribution in [2.45, 2.75) is 0 Å². The Labute approximate surface area is 63.7 Å². The lowest BCUT2D eigenvalue weighted by atomic mass is 10.3. The summed E-state index contributed by atoms with van der Waals surface area (Å²) in [5.74, 6) is -0.480. The molecular weight excluding hydrogens is 167 g/mol. The van der Waals surface area contributed by atoms with Gasteiger partial charge in [0.2, 0.25) is 0 Å². The summed E-state index contributed by atoms with van der Waals surface area (Å²) in [6.45, 7) is 0. The van der Waals surface area contributed by atoms with Gasteiger partial charge in [-0.05, 0) is 12.1 Å². The molecule has 60 valence electrons. The average Bonchev–Trinajstić information content (AvgIpc) is 1.86. The summed E-state index contributed by atoms with van der Waals surface area (Å²) in [5, 5.41) is -0.0288. The maximum absolute atomic E-state index is 12.2. The first-order valence-electron chi connectivity index (χ1n) is 2.93. The van der Waals surface area contributed by atoms with E-state index in [-0.39, 0.29) is 5.19 Å². The molecule has 0 amide bonds. The molecule has 0 aliphatic carbocycles. The molecule has 1 aromatic carbocycles. The summed E-state index contributed by atoms with van der Waals surface area (Å²) in [4.78, 5) is 26.1. The second-order valence-corrected chi connectivity index (χ2v) is 3.99. The SMILES string of the molecule is O[Si](O)(O)c1ccc(F)cc1. The average molecular weight is 174 g/mol. The Morgan fingerprint density at radius 3 is 1.82 bits per heavy atom. The van der Waals surface area contributed by atoms with Crippen molar-refractivity contribution in [1.82, 2.24) is 0 Å². The van der Waals surface area contributed by atoms with Crippen molar-refractivity contribution in [3.05, 3.63) is 30.1 Å². The maximum atomic E-state index is 12.2. The predicted molar refractivity (Wildman–Crippen MR) is 38.4 cm³/mol. The topological polar surface area (TPSA) is 60.7 Å². The third-order valence-electron chi connectivity index (χ3n) is 1.23. The van der Waals surface area contributed by atoms with Crippen molar-refractivity contribution in [1.29, 1.82) is 0 Å². The van der Waals surface area contributed by atoms with Gasteiger partial charge in [-0.25, -0.2) is 4.39 Å². The zero-order valence-electron chi connectivity index (χ0n) is 5.53. The van der Waals surface area contributed by atoms with Gasteiger partial charge in [-0.15, -0.1) is 0 Å². The minimum atomic E-state index is -4.22. The third-order valence-corrected chi connectivity index (χ3v) is 2.34. The summed E-state index contributed by atoms with van der Waals surface area (Å²) in [6, 6.07) is 4.39. The van der Waals surface area contributed by atoms with Crippen LogP contribution in [0.1, 0.15) is 0 Å². The van der Waals surface area contributed by atoms with E-state index in [4.69, 9.17) is 14.4 Å². The standard InChI is InChI=1S/C6H7FO3Si/c7-5-1-3-6(4-2-5)11(8,9)10/h1-4,8-10H. The molecule has 0 spiro atoms. The lowest BCUT2D eigenvalue weighted by molar-refractivity contribution is 0.249. The molecular formula is C6H7FO3Si. The number of benzene rings is 1. The minimum absolute atomic E-state index is 0.0288.